The van der Waals surface area contributed by atoms with Crippen LogP contribution >= 0.6 is 0 Å². The molecule has 7 rings (SSSR count). The molecule has 0 aliphatic carbocycles. The van der Waals surface area contributed by atoms with Gasteiger partial charge in [-0.3, -0.25) is 0 Å². The van der Waals surface area contributed by atoms with E-state index in [2.05, 4.69) is 42.3 Å². The number of ether oxygens (including phenoxy) is 2. The summed E-state index contributed by atoms with van der Waals surface area (Å²) in [4.78, 5) is 5.13. The summed E-state index contributed by atoms with van der Waals surface area (Å²) in [5.74, 6) is 1.88. The van der Waals surface area contributed by atoms with Gasteiger partial charge in [-0.1, -0.05) is 60.7 Å². The number of halogens is 2. The van der Waals surface area contributed by atoms with Crippen molar-refractivity contribution in [1.29, 1.82) is 0 Å². The highest BCUT2D eigenvalue weighted by Gasteiger charge is 2.53. The first-order chi connectivity index (χ1) is 25.8. The molecular formula is C44H50BF2N5O2+2. The first-order valence-corrected chi connectivity index (χ1v) is 18.7. The van der Waals surface area contributed by atoms with E-state index < -0.39 is 6.97 Å². The fourth-order valence-corrected chi connectivity index (χ4v) is 7.11. The highest BCUT2D eigenvalue weighted by atomic mass is 19.2. The molecule has 7 nitrogen and oxygen atoms in total. The number of nitrogens with zero attached hydrogens (tertiary/aromatic N) is 5. The molecule has 0 fully saturated rings. The van der Waals surface area contributed by atoms with E-state index in [0.29, 0.717) is 58.4 Å². The number of hydrogen-bond donors (Lipinski definition) is 0. The second-order valence-electron chi connectivity index (χ2n) is 16.2. The fourth-order valence-electron chi connectivity index (χ4n) is 7.11. The van der Waals surface area contributed by atoms with Gasteiger partial charge in [0, 0.05) is 29.7 Å². The van der Waals surface area contributed by atoms with Crippen LogP contribution in [0.1, 0.15) is 24.0 Å². The molecule has 2 aliphatic rings. The summed E-state index contributed by atoms with van der Waals surface area (Å²) in [6.45, 7) is -1.30. The standard InChI is InChI=1S/C44H50BF2N5O2/c1-51(2,3)27-13-29-53-37-23-19-35(20-24-37)41-31-39(33-15-9-7-10-16-33)43-48-44-40(34-17-11-8-12-18-34)32-42(50(44)45(46,47)49(41)43)36-21-25-38(26-22-36)54-30-14-28-52(4,5)6/h7-12,15-26,31-32H,13-14,27-30H2,1-6H3/q+2. The molecule has 4 aromatic carbocycles. The number of allylic oxidation sites excluding steroid dienone is 1. The molecule has 0 saturated carbocycles. The maximum absolute atomic E-state index is 17.8. The Morgan fingerprint density at radius 3 is 1.65 bits per heavy atom. The van der Waals surface area contributed by atoms with Crippen LogP contribution in [0.3, 0.4) is 0 Å². The second kappa shape index (κ2) is 14.8. The van der Waals surface area contributed by atoms with E-state index in [1.54, 1.807) is 0 Å². The normalized spacial score (nSPS) is 15.0. The molecule has 10 heteroatoms. The van der Waals surface area contributed by atoms with Crippen LogP contribution in [0.4, 0.5) is 14.4 Å². The number of quaternary nitrogens is 2. The first kappa shape index (κ1) is 37.0. The third-order valence-electron chi connectivity index (χ3n) is 9.81. The van der Waals surface area contributed by atoms with E-state index in [9.17, 15) is 0 Å². The van der Waals surface area contributed by atoms with Gasteiger partial charge in [0.1, 0.15) is 11.5 Å². The van der Waals surface area contributed by atoms with Crippen LogP contribution in [0, 0.1) is 0 Å². The van der Waals surface area contributed by atoms with Gasteiger partial charge in [0.2, 0.25) is 5.82 Å². The maximum atomic E-state index is 17.8. The summed E-state index contributed by atoms with van der Waals surface area (Å²) in [6, 6.07) is 36.0. The van der Waals surface area contributed by atoms with Crippen molar-refractivity contribution in [3.63, 3.8) is 0 Å². The second-order valence-corrected chi connectivity index (χ2v) is 16.2. The summed E-state index contributed by atoms with van der Waals surface area (Å²) >= 11 is 0. The van der Waals surface area contributed by atoms with E-state index in [4.69, 9.17) is 14.5 Å². The number of aliphatic imine (C=N–C) groups is 1. The number of rotatable bonds is 14. The zero-order valence-corrected chi connectivity index (χ0v) is 32.2. The van der Waals surface area contributed by atoms with Crippen LogP contribution in [-0.4, -0.2) is 105 Å². The SMILES string of the molecule is C[N+](C)(C)CCCOc1ccc(C2=[N+]3C(=Nc4c(-c5ccccc5)cc(-c5ccc(OCCC[N+](C)(C)C)cc5)n4[B-]3(F)F)C(c3ccccc3)=C2)cc1. The van der Waals surface area contributed by atoms with Gasteiger partial charge >= 0.3 is 6.97 Å². The molecule has 0 saturated heterocycles. The topological polar surface area (TPSA) is 38.8 Å². The summed E-state index contributed by atoms with van der Waals surface area (Å²) < 4.78 is 51.6. The lowest BCUT2D eigenvalue weighted by Gasteiger charge is -2.32. The van der Waals surface area contributed by atoms with Crippen LogP contribution in [0.25, 0.3) is 28.0 Å². The Morgan fingerprint density at radius 1 is 0.630 bits per heavy atom. The minimum atomic E-state index is -4.44. The van der Waals surface area contributed by atoms with Crippen molar-refractivity contribution in [2.24, 2.45) is 4.99 Å². The third-order valence-corrected chi connectivity index (χ3v) is 9.81. The lowest BCUT2D eigenvalue weighted by Crippen LogP contribution is -2.53. The van der Waals surface area contributed by atoms with Crippen molar-refractivity contribution in [2.45, 2.75) is 12.8 Å². The minimum absolute atomic E-state index is 0.230. The van der Waals surface area contributed by atoms with Crippen LogP contribution in [0.5, 0.6) is 11.5 Å². The monoisotopic (exact) mass is 729 g/mol. The number of amidine groups is 1. The van der Waals surface area contributed by atoms with E-state index >= 15 is 8.63 Å². The lowest BCUT2D eigenvalue weighted by molar-refractivity contribution is -0.870. The zero-order valence-electron chi connectivity index (χ0n) is 32.2. The maximum Gasteiger partial charge on any atom is 0.642 e. The summed E-state index contributed by atoms with van der Waals surface area (Å²) in [5.41, 5.74) is 5.01. The minimum Gasteiger partial charge on any atom is -0.493 e. The molecule has 2 aliphatic heterocycles. The first-order valence-electron chi connectivity index (χ1n) is 18.7. The molecule has 1 aromatic heterocycles. The van der Waals surface area contributed by atoms with E-state index in [0.717, 1.165) is 55.0 Å². The Bertz CT molecular complexity index is 2200. The highest BCUT2D eigenvalue weighted by molar-refractivity contribution is 6.63. The van der Waals surface area contributed by atoms with Gasteiger partial charge < -0.3 is 36.0 Å². The van der Waals surface area contributed by atoms with Crippen LogP contribution in [0.15, 0.2) is 126 Å². The number of aromatic nitrogens is 1. The van der Waals surface area contributed by atoms with Crippen molar-refractivity contribution >= 4 is 29.9 Å². The fraction of sp³-hybridized carbons (Fsp3) is 0.273. The molecule has 278 valence electrons. The molecule has 0 bridgehead atoms. The Kier molecular flexibility index (Phi) is 10.2. The van der Waals surface area contributed by atoms with Crippen molar-refractivity contribution in [3.05, 3.63) is 132 Å². The van der Waals surface area contributed by atoms with Gasteiger partial charge in [0.15, 0.2) is 0 Å². The Hall–Kier alpha value is -5.32. The average Bonchev–Trinajstić information content (AvgIpc) is 3.74. The summed E-state index contributed by atoms with van der Waals surface area (Å²) in [7, 11) is 12.9. The van der Waals surface area contributed by atoms with Gasteiger partial charge in [-0.25, -0.2) is 0 Å². The summed E-state index contributed by atoms with van der Waals surface area (Å²) in [6.07, 6.45) is 3.67. The van der Waals surface area contributed by atoms with Crippen LogP contribution in [0.2, 0.25) is 0 Å². The van der Waals surface area contributed by atoms with Crippen molar-refractivity contribution in [3.8, 4) is 33.9 Å². The number of hydrogen-bond acceptors (Lipinski definition) is 3. The van der Waals surface area contributed by atoms with Gasteiger partial charge in [-0.2, -0.15) is 0 Å². The largest absolute Gasteiger partial charge is 0.642 e. The Balaban J connectivity index is 1.30. The van der Waals surface area contributed by atoms with Crippen molar-refractivity contribution in [1.82, 2.24) is 4.48 Å². The smallest absolute Gasteiger partial charge is 0.493 e. The third kappa shape index (κ3) is 7.95. The van der Waals surface area contributed by atoms with Crippen LogP contribution < -0.4 is 9.47 Å². The molecule has 0 spiro atoms. The van der Waals surface area contributed by atoms with Crippen molar-refractivity contribution in [2.75, 3.05) is 68.6 Å². The number of benzene rings is 4. The molecule has 0 atom stereocenters. The number of fused-ring (bicyclic) bond motifs is 2. The molecule has 5 aromatic rings. The van der Waals surface area contributed by atoms with Gasteiger partial charge in [-0.15, -0.1) is 0 Å². The average molecular weight is 730 g/mol. The molecule has 0 N–H and O–H groups in total. The molecule has 0 amide bonds. The van der Waals surface area contributed by atoms with Gasteiger partial charge in [0.25, 0.3) is 5.84 Å². The van der Waals surface area contributed by atoms with Gasteiger partial charge in [0.05, 0.1) is 79.9 Å². The molecule has 3 heterocycles. The van der Waals surface area contributed by atoms with Crippen molar-refractivity contribution < 1.29 is 31.6 Å². The van der Waals surface area contributed by atoms with Crippen LogP contribution in [-0.2, 0) is 0 Å². The quantitative estimate of drug-likeness (QED) is 0.0653. The molecule has 0 unspecified atom stereocenters. The lowest BCUT2D eigenvalue weighted by atomic mass is 9.90. The highest BCUT2D eigenvalue weighted by Crippen LogP contribution is 2.46. The van der Waals surface area contributed by atoms with E-state index in [-0.39, 0.29) is 11.7 Å². The predicted octanol–water partition coefficient (Wildman–Crippen LogP) is 8.64. The van der Waals surface area contributed by atoms with Gasteiger partial charge in [-0.05, 0) is 82.4 Å². The van der Waals surface area contributed by atoms with E-state index in [1.165, 1.54) is 0 Å². The molecular weight excluding hydrogens is 679 g/mol. The predicted molar refractivity (Wildman–Crippen MR) is 217 cm³/mol. The van der Waals surface area contributed by atoms with E-state index in [1.807, 2.05) is 121 Å². The Labute approximate surface area is 318 Å². The summed E-state index contributed by atoms with van der Waals surface area (Å²) in [5, 5.41) is 0. The zero-order chi connectivity index (χ0) is 38.1. The molecule has 54 heavy (non-hydrogen) atoms. The Morgan fingerprint density at radius 2 is 1.13 bits per heavy atom. The molecule has 0 radical (unpaired) electrons.